The van der Waals surface area contributed by atoms with Crippen LogP contribution in [0, 0.1) is 13.8 Å². The highest BCUT2D eigenvalue weighted by atomic mass is 16.2. The molecule has 3 rings (SSSR count). The van der Waals surface area contributed by atoms with Gasteiger partial charge in [-0.25, -0.2) is 9.69 Å². The average Bonchev–Trinajstić information content (AvgIpc) is 2.80. The monoisotopic (exact) mass is 365 g/mol. The van der Waals surface area contributed by atoms with Crippen LogP contribution in [-0.4, -0.2) is 40.1 Å². The van der Waals surface area contributed by atoms with E-state index >= 15 is 0 Å². The van der Waals surface area contributed by atoms with Crippen molar-refractivity contribution < 1.29 is 19.2 Å². The normalized spacial score (nSPS) is 14.1. The summed E-state index contributed by atoms with van der Waals surface area (Å²) in [6.07, 6.45) is 0. The van der Waals surface area contributed by atoms with Crippen LogP contribution >= 0.6 is 0 Å². The van der Waals surface area contributed by atoms with E-state index in [1.807, 2.05) is 26.0 Å². The van der Waals surface area contributed by atoms with E-state index in [0.29, 0.717) is 16.2 Å². The number of hydrogen-bond acceptors (Lipinski definition) is 4. The number of benzene rings is 2. The number of imide groups is 2. The second kappa shape index (κ2) is 7.41. The predicted molar refractivity (Wildman–Crippen MR) is 98.6 cm³/mol. The van der Waals surface area contributed by atoms with E-state index < -0.39 is 30.3 Å². The van der Waals surface area contributed by atoms with Crippen LogP contribution in [0.4, 0.5) is 10.5 Å². The van der Waals surface area contributed by atoms with Gasteiger partial charge in [-0.2, -0.15) is 0 Å². The SMILES string of the molecule is Cc1cc(C)cc(NC(=O)CN2C(=O)C(=O)N(Cc3ccccc3)C2=O)c1. The van der Waals surface area contributed by atoms with Crippen LogP contribution in [0.5, 0.6) is 0 Å². The summed E-state index contributed by atoms with van der Waals surface area (Å²) >= 11 is 0. The van der Waals surface area contributed by atoms with Crippen LogP contribution in [0.15, 0.2) is 48.5 Å². The molecular formula is C20H19N3O4. The van der Waals surface area contributed by atoms with Gasteiger partial charge in [0.1, 0.15) is 6.54 Å². The minimum atomic E-state index is -0.994. The standard InChI is InChI=1S/C20H19N3O4/c1-13-8-14(2)10-16(9-13)21-17(24)12-23-19(26)18(25)22(20(23)27)11-15-6-4-3-5-7-15/h3-10H,11-12H2,1-2H3,(H,21,24). The van der Waals surface area contributed by atoms with Gasteiger partial charge in [0.25, 0.3) is 0 Å². The molecule has 1 saturated heterocycles. The Bertz CT molecular complexity index is 904. The number of amides is 5. The van der Waals surface area contributed by atoms with E-state index in [-0.39, 0.29) is 6.54 Å². The van der Waals surface area contributed by atoms with E-state index in [4.69, 9.17) is 0 Å². The molecule has 1 aliphatic rings. The highest BCUT2D eigenvalue weighted by Gasteiger charge is 2.45. The highest BCUT2D eigenvalue weighted by Crippen LogP contribution is 2.17. The number of nitrogens with zero attached hydrogens (tertiary/aromatic N) is 2. The van der Waals surface area contributed by atoms with Gasteiger partial charge in [0.15, 0.2) is 0 Å². The first-order valence-corrected chi connectivity index (χ1v) is 8.44. The van der Waals surface area contributed by atoms with E-state index in [9.17, 15) is 19.2 Å². The van der Waals surface area contributed by atoms with E-state index in [0.717, 1.165) is 16.0 Å². The first-order chi connectivity index (χ1) is 12.8. The number of anilines is 1. The molecule has 2 aromatic carbocycles. The quantitative estimate of drug-likeness (QED) is 0.650. The fourth-order valence-electron chi connectivity index (χ4n) is 2.99. The zero-order valence-corrected chi connectivity index (χ0v) is 15.1. The number of urea groups is 1. The molecule has 0 unspecified atom stereocenters. The zero-order valence-electron chi connectivity index (χ0n) is 15.1. The Kier molecular flexibility index (Phi) is 5.03. The van der Waals surface area contributed by atoms with E-state index in [1.165, 1.54) is 0 Å². The lowest BCUT2D eigenvalue weighted by atomic mass is 10.1. The van der Waals surface area contributed by atoms with Crippen molar-refractivity contribution in [2.75, 3.05) is 11.9 Å². The summed E-state index contributed by atoms with van der Waals surface area (Å²) in [5, 5.41) is 2.66. The summed E-state index contributed by atoms with van der Waals surface area (Å²) in [6, 6.07) is 13.6. The molecule has 27 heavy (non-hydrogen) atoms. The van der Waals surface area contributed by atoms with Gasteiger partial charge in [0, 0.05) is 5.69 Å². The predicted octanol–water partition coefficient (Wildman–Crippen LogP) is 2.23. The summed E-state index contributed by atoms with van der Waals surface area (Å²) in [5.41, 5.74) is 3.24. The molecule has 0 saturated carbocycles. The third kappa shape index (κ3) is 4.03. The van der Waals surface area contributed by atoms with E-state index in [1.54, 1.807) is 36.4 Å². The van der Waals surface area contributed by atoms with Crippen molar-refractivity contribution in [3.8, 4) is 0 Å². The van der Waals surface area contributed by atoms with Gasteiger partial charge in [-0.15, -0.1) is 0 Å². The Labute approximate surface area is 156 Å². The van der Waals surface area contributed by atoms with Gasteiger partial charge in [0.2, 0.25) is 5.91 Å². The van der Waals surface area contributed by atoms with Gasteiger partial charge in [-0.05, 0) is 42.7 Å². The number of rotatable bonds is 5. The Morgan fingerprint density at radius 3 is 2.11 bits per heavy atom. The largest absolute Gasteiger partial charge is 0.335 e. The molecule has 138 valence electrons. The van der Waals surface area contributed by atoms with Crippen molar-refractivity contribution in [2.24, 2.45) is 0 Å². The highest BCUT2D eigenvalue weighted by molar-refractivity contribution is 6.45. The lowest BCUT2D eigenvalue weighted by molar-refractivity contribution is -0.143. The third-order valence-electron chi connectivity index (χ3n) is 4.13. The number of aryl methyl sites for hydroxylation is 2. The molecule has 1 aliphatic heterocycles. The van der Waals surface area contributed by atoms with Crippen molar-refractivity contribution in [3.05, 3.63) is 65.2 Å². The Morgan fingerprint density at radius 1 is 0.889 bits per heavy atom. The minimum Gasteiger partial charge on any atom is -0.325 e. The van der Waals surface area contributed by atoms with Crippen LogP contribution in [0.1, 0.15) is 16.7 Å². The maximum absolute atomic E-state index is 12.5. The van der Waals surface area contributed by atoms with Crippen molar-refractivity contribution >= 4 is 29.4 Å². The summed E-state index contributed by atoms with van der Waals surface area (Å²) in [4.78, 5) is 50.5. The van der Waals surface area contributed by atoms with Crippen molar-refractivity contribution in [1.29, 1.82) is 0 Å². The third-order valence-corrected chi connectivity index (χ3v) is 4.13. The molecule has 1 fully saturated rings. The maximum Gasteiger partial charge on any atom is 0.335 e. The Morgan fingerprint density at radius 2 is 1.48 bits per heavy atom. The van der Waals surface area contributed by atoms with Gasteiger partial charge < -0.3 is 5.32 Å². The molecule has 1 N–H and O–H groups in total. The zero-order chi connectivity index (χ0) is 19.6. The fourth-order valence-corrected chi connectivity index (χ4v) is 2.99. The molecule has 0 aliphatic carbocycles. The number of hydrogen-bond donors (Lipinski definition) is 1. The molecule has 1 heterocycles. The van der Waals surface area contributed by atoms with Crippen LogP contribution in [-0.2, 0) is 20.9 Å². The number of nitrogens with one attached hydrogen (secondary N) is 1. The summed E-state index contributed by atoms with van der Waals surface area (Å²) in [7, 11) is 0. The molecule has 7 heteroatoms. The molecular weight excluding hydrogens is 346 g/mol. The summed E-state index contributed by atoms with van der Waals surface area (Å²) in [6.45, 7) is 3.27. The molecule has 2 aromatic rings. The minimum absolute atomic E-state index is 0.0144. The van der Waals surface area contributed by atoms with Crippen LogP contribution < -0.4 is 5.32 Å². The molecule has 7 nitrogen and oxygen atoms in total. The lowest BCUT2D eigenvalue weighted by Crippen LogP contribution is -2.38. The van der Waals surface area contributed by atoms with Crippen molar-refractivity contribution in [1.82, 2.24) is 9.80 Å². The number of carbonyl (C=O) groups excluding carboxylic acids is 4. The lowest BCUT2D eigenvalue weighted by Gasteiger charge is -2.15. The molecule has 0 aromatic heterocycles. The molecule has 0 radical (unpaired) electrons. The van der Waals surface area contributed by atoms with Gasteiger partial charge in [-0.1, -0.05) is 36.4 Å². The molecule has 0 spiro atoms. The maximum atomic E-state index is 12.5. The van der Waals surface area contributed by atoms with Gasteiger partial charge in [-0.3, -0.25) is 19.3 Å². The van der Waals surface area contributed by atoms with Crippen LogP contribution in [0.2, 0.25) is 0 Å². The van der Waals surface area contributed by atoms with E-state index in [2.05, 4.69) is 5.32 Å². The van der Waals surface area contributed by atoms with Crippen molar-refractivity contribution in [3.63, 3.8) is 0 Å². The second-order valence-corrected chi connectivity index (χ2v) is 6.48. The molecule has 5 amide bonds. The van der Waals surface area contributed by atoms with Crippen molar-refractivity contribution in [2.45, 2.75) is 20.4 Å². The van der Waals surface area contributed by atoms with Gasteiger partial charge in [0.05, 0.1) is 6.54 Å². The van der Waals surface area contributed by atoms with Crippen LogP contribution in [0.25, 0.3) is 0 Å². The molecule has 0 bridgehead atoms. The van der Waals surface area contributed by atoms with Crippen LogP contribution in [0.3, 0.4) is 0 Å². The smallest absolute Gasteiger partial charge is 0.325 e. The topological polar surface area (TPSA) is 86.8 Å². The number of carbonyl (C=O) groups is 4. The first-order valence-electron chi connectivity index (χ1n) is 8.44. The van der Waals surface area contributed by atoms with Gasteiger partial charge >= 0.3 is 17.8 Å². The fraction of sp³-hybridized carbons (Fsp3) is 0.200. The second-order valence-electron chi connectivity index (χ2n) is 6.48. The average molecular weight is 365 g/mol. The Balaban J connectivity index is 1.69. The summed E-state index contributed by atoms with van der Waals surface area (Å²) < 4.78 is 0. The Hall–Kier alpha value is -3.48. The summed E-state index contributed by atoms with van der Waals surface area (Å²) in [5.74, 6) is -2.47. The molecule has 0 atom stereocenters. The first kappa shape index (κ1) is 18.3.